The van der Waals surface area contributed by atoms with Crippen molar-refractivity contribution in [1.82, 2.24) is 4.98 Å². The van der Waals surface area contributed by atoms with Gasteiger partial charge in [-0.25, -0.2) is 0 Å². The summed E-state index contributed by atoms with van der Waals surface area (Å²) < 4.78 is 6.06. The third kappa shape index (κ3) is 3.60. The van der Waals surface area contributed by atoms with Gasteiger partial charge in [-0.05, 0) is 42.7 Å². The summed E-state index contributed by atoms with van der Waals surface area (Å²) in [5, 5.41) is 10.7. The molecule has 2 aromatic carbocycles. The molecule has 155 valence electrons. The maximum Gasteiger partial charge on any atom is 0.155 e. The first-order chi connectivity index (χ1) is 13.8. The van der Waals surface area contributed by atoms with E-state index in [4.69, 9.17) is 9.52 Å². The van der Waals surface area contributed by atoms with E-state index in [0.29, 0.717) is 0 Å². The van der Waals surface area contributed by atoms with E-state index in [9.17, 15) is 4.79 Å². The summed E-state index contributed by atoms with van der Waals surface area (Å²) in [5.41, 5.74) is 6.32. The van der Waals surface area contributed by atoms with Crippen molar-refractivity contribution in [2.75, 3.05) is 0 Å². The number of carbonyl (C=O) groups is 1. The fourth-order valence-electron chi connectivity index (χ4n) is 4.07. The Hall–Kier alpha value is -2.75. The number of carbonyl (C=O) groups excluding carboxylic acids is 1. The number of benzene rings is 2. The van der Waals surface area contributed by atoms with Crippen LogP contribution >= 0.6 is 0 Å². The van der Waals surface area contributed by atoms with E-state index in [0.717, 1.165) is 27.8 Å². The zero-order chi connectivity index (χ0) is 20.8. The van der Waals surface area contributed by atoms with Crippen LogP contribution in [-0.2, 0) is 30.3 Å². The summed E-state index contributed by atoms with van der Waals surface area (Å²) in [7, 11) is 0. The maximum absolute atomic E-state index is 10.0. The Bertz CT molecular complexity index is 1280. The fraction of sp³-hybridized carbons (Fsp3) is 0.200. The Labute approximate surface area is 189 Å². The Kier molecular flexibility index (Phi) is 5.98. The molecule has 0 unspecified atom stereocenters. The first-order valence-corrected chi connectivity index (χ1v) is 9.51. The van der Waals surface area contributed by atoms with E-state index in [1.54, 1.807) is 0 Å². The molecule has 4 nitrogen and oxygen atoms in total. The first-order valence-electron chi connectivity index (χ1n) is 9.51. The van der Waals surface area contributed by atoms with Crippen LogP contribution in [0.5, 0.6) is 0 Å². The zero-order valence-corrected chi connectivity index (χ0v) is 19.6. The molecule has 0 bridgehead atoms. The quantitative estimate of drug-likeness (QED) is 0.168. The second kappa shape index (κ2) is 8.17. The van der Waals surface area contributed by atoms with Crippen molar-refractivity contribution in [3.63, 3.8) is 0 Å². The molecule has 1 aliphatic rings. The molecule has 5 heteroatoms. The number of pyridine rings is 1. The Morgan fingerprint density at radius 2 is 1.77 bits per heavy atom. The molecule has 0 saturated carbocycles. The number of allylic oxidation sites excluding steroid dienone is 2. The van der Waals surface area contributed by atoms with Crippen LogP contribution < -0.4 is 0 Å². The molecule has 0 fully saturated rings. The van der Waals surface area contributed by atoms with Gasteiger partial charge < -0.3 is 14.5 Å². The molecular weight excluding hydrogens is 554 g/mol. The average Bonchev–Trinajstić information content (AvgIpc) is 3.02. The Morgan fingerprint density at radius 1 is 1.07 bits per heavy atom. The van der Waals surface area contributed by atoms with Crippen molar-refractivity contribution in [2.45, 2.75) is 33.1 Å². The largest absolute Gasteiger partial charge is 0.512 e. The Morgan fingerprint density at radius 3 is 2.43 bits per heavy atom. The molecule has 5 rings (SSSR count). The van der Waals surface area contributed by atoms with E-state index in [2.05, 4.69) is 49.2 Å². The normalized spacial score (nSPS) is 13.8. The monoisotopic (exact) mass is 577 g/mol. The van der Waals surface area contributed by atoms with Crippen molar-refractivity contribution < 1.29 is 34.4 Å². The van der Waals surface area contributed by atoms with Crippen molar-refractivity contribution in [3.05, 3.63) is 77.7 Å². The van der Waals surface area contributed by atoms with Gasteiger partial charge in [0.25, 0.3) is 0 Å². The summed E-state index contributed by atoms with van der Waals surface area (Å²) in [6.07, 6.45) is 2.99. The number of nitrogens with zero attached hydrogens (tertiary/aromatic N) is 1. The molecule has 1 aliphatic carbocycles. The number of ketones is 1. The first kappa shape index (κ1) is 21.9. The molecule has 0 amide bonds. The van der Waals surface area contributed by atoms with E-state index in [1.807, 2.05) is 24.4 Å². The van der Waals surface area contributed by atoms with Crippen molar-refractivity contribution in [3.8, 4) is 11.3 Å². The van der Waals surface area contributed by atoms with Gasteiger partial charge in [0.2, 0.25) is 0 Å². The molecular formula is C25H22IrNO3-. The van der Waals surface area contributed by atoms with Crippen LogP contribution in [0.1, 0.15) is 38.8 Å². The standard InChI is InChI=1S/C20H14NO.C5H8O2.Ir/c1-20(2)13-7-4-3-6-12(13)19-18-16(10-11-21-19)22-15-9-5-8-14(20)17(15)18;1-4(6)3-5(2)7;/h3-5,7-11H,1-2H3;3,6H,1-2H3;/q-1;;/b;4-3-;. The second-order valence-corrected chi connectivity index (χ2v) is 7.79. The minimum absolute atomic E-state index is 0. The number of aromatic nitrogens is 1. The molecule has 0 aliphatic heterocycles. The van der Waals surface area contributed by atoms with Crippen molar-refractivity contribution in [2.24, 2.45) is 0 Å². The number of aliphatic hydroxyl groups is 1. The van der Waals surface area contributed by atoms with Crippen LogP contribution in [0.2, 0.25) is 0 Å². The minimum atomic E-state index is -0.125. The van der Waals surface area contributed by atoms with Crippen LogP contribution in [0.15, 0.2) is 64.9 Å². The number of fused-ring (bicyclic) bond motifs is 2. The third-order valence-electron chi connectivity index (χ3n) is 5.26. The summed E-state index contributed by atoms with van der Waals surface area (Å²) in [6.45, 7) is 7.37. The number of furan rings is 1. The molecule has 1 radical (unpaired) electrons. The topological polar surface area (TPSA) is 63.3 Å². The van der Waals surface area contributed by atoms with E-state index in [-0.39, 0.29) is 37.1 Å². The SMILES string of the molecule is CC(=O)/C=C(/C)O.CC1(C)c2ccc[c-]c2-c2nccc3oc4cccc1c4c23.[Ir]. The van der Waals surface area contributed by atoms with E-state index in [1.165, 1.54) is 36.4 Å². The van der Waals surface area contributed by atoms with Crippen LogP contribution in [0, 0.1) is 6.07 Å². The summed E-state index contributed by atoms with van der Waals surface area (Å²) in [4.78, 5) is 14.7. The fourth-order valence-corrected chi connectivity index (χ4v) is 4.07. The predicted octanol–water partition coefficient (Wildman–Crippen LogP) is 6.12. The molecule has 0 spiro atoms. The minimum Gasteiger partial charge on any atom is -0.512 e. The Balaban J connectivity index is 0.000000281. The van der Waals surface area contributed by atoms with E-state index >= 15 is 0 Å². The second-order valence-electron chi connectivity index (χ2n) is 7.79. The molecule has 0 saturated heterocycles. The molecule has 4 aromatic rings. The zero-order valence-electron chi connectivity index (χ0n) is 17.2. The average molecular weight is 577 g/mol. The maximum atomic E-state index is 10.0. The van der Waals surface area contributed by atoms with E-state index < -0.39 is 0 Å². The van der Waals surface area contributed by atoms with Gasteiger partial charge in [0.1, 0.15) is 11.2 Å². The molecule has 2 aromatic heterocycles. The van der Waals surface area contributed by atoms with Crippen molar-refractivity contribution >= 4 is 27.7 Å². The summed E-state index contributed by atoms with van der Waals surface area (Å²) >= 11 is 0. The summed E-state index contributed by atoms with van der Waals surface area (Å²) in [6, 6.07) is 17.9. The van der Waals surface area contributed by atoms with Crippen LogP contribution in [0.4, 0.5) is 0 Å². The smallest absolute Gasteiger partial charge is 0.155 e. The molecule has 2 heterocycles. The molecule has 1 N–H and O–H groups in total. The third-order valence-corrected chi connectivity index (χ3v) is 5.26. The van der Waals surface area contributed by atoms with Crippen LogP contribution in [0.3, 0.4) is 0 Å². The van der Waals surface area contributed by atoms with Gasteiger partial charge in [0, 0.05) is 43.2 Å². The molecule has 30 heavy (non-hydrogen) atoms. The van der Waals surface area contributed by atoms with Gasteiger partial charge >= 0.3 is 0 Å². The van der Waals surface area contributed by atoms with Gasteiger partial charge in [0.05, 0.1) is 5.76 Å². The predicted molar refractivity (Wildman–Crippen MR) is 115 cm³/mol. The molecule has 0 atom stereocenters. The number of aliphatic hydroxyl groups excluding tert-OH is 1. The van der Waals surface area contributed by atoms with Gasteiger partial charge in [0.15, 0.2) is 5.78 Å². The van der Waals surface area contributed by atoms with Gasteiger partial charge in [-0.15, -0.1) is 35.4 Å². The number of rotatable bonds is 1. The van der Waals surface area contributed by atoms with Gasteiger partial charge in [-0.1, -0.05) is 26.0 Å². The van der Waals surface area contributed by atoms with Crippen LogP contribution in [0.25, 0.3) is 33.2 Å². The van der Waals surface area contributed by atoms with Crippen LogP contribution in [-0.4, -0.2) is 15.9 Å². The van der Waals surface area contributed by atoms with Gasteiger partial charge in [-0.3, -0.25) is 4.79 Å². The summed E-state index contributed by atoms with van der Waals surface area (Å²) in [5.74, 6) is -0.0625. The number of hydrogen-bond acceptors (Lipinski definition) is 4. The van der Waals surface area contributed by atoms with Gasteiger partial charge in [-0.2, -0.15) is 0 Å². The number of hydrogen-bond donors (Lipinski definition) is 1. The van der Waals surface area contributed by atoms with Crippen molar-refractivity contribution in [1.29, 1.82) is 0 Å².